The Labute approximate surface area is 153 Å². The minimum absolute atomic E-state index is 0.0309. The average molecular weight is 368 g/mol. The normalized spacial score (nSPS) is 15.4. The Bertz CT molecular complexity index is 973. The zero-order valence-corrected chi connectivity index (χ0v) is 15.2. The van der Waals surface area contributed by atoms with Crippen LogP contribution in [-0.2, 0) is 15.6 Å². The van der Waals surface area contributed by atoms with Crippen molar-refractivity contribution in [1.29, 1.82) is 0 Å². The number of sulfone groups is 1. The standard InChI is InChI=1S/C20H20N2O3S/c23-26(24,18-8-2-1-3-9-18)14-15-10-12-16(13-11-15)19-21-20(25-22-19)17-6-4-5-7-17/h1-3,8-13,17H,4-7,14H2. The van der Waals surface area contributed by atoms with E-state index in [9.17, 15) is 8.42 Å². The van der Waals surface area contributed by atoms with Crippen molar-refractivity contribution in [3.05, 3.63) is 66.1 Å². The highest BCUT2D eigenvalue weighted by molar-refractivity contribution is 7.90. The number of hydrogen-bond donors (Lipinski definition) is 0. The molecule has 1 saturated carbocycles. The molecule has 1 aliphatic rings. The van der Waals surface area contributed by atoms with Crippen molar-refractivity contribution in [3.8, 4) is 11.4 Å². The fourth-order valence-corrected chi connectivity index (χ4v) is 4.74. The molecule has 4 rings (SSSR count). The Morgan fingerprint density at radius 2 is 1.65 bits per heavy atom. The van der Waals surface area contributed by atoms with Gasteiger partial charge in [0.1, 0.15) is 0 Å². The monoisotopic (exact) mass is 368 g/mol. The third-order valence-electron chi connectivity index (χ3n) is 4.82. The second-order valence-electron chi connectivity index (χ2n) is 6.71. The molecule has 26 heavy (non-hydrogen) atoms. The minimum Gasteiger partial charge on any atom is -0.339 e. The molecule has 0 spiro atoms. The number of rotatable bonds is 5. The van der Waals surface area contributed by atoms with Gasteiger partial charge in [-0.1, -0.05) is 60.5 Å². The maximum absolute atomic E-state index is 12.5. The summed E-state index contributed by atoms with van der Waals surface area (Å²) in [5, 5.41) is 4.08. The van der Waals surface area contributed by atoms with Gasteiger partial charge in [-0.05, 0) is 30.5 Å². The molecular formula is C20H20N2O3S. The Hall–Kier alpha value is -2.47. The SMILES string of the molecule is O=S(=O)(Cc1ccc(-c2noc(C3CCCC3)n2)cc1)c1ccccc1. The van der Waals surface area contributed by atoms with Crippen LogP contribution in [0.5, 0.6) is 0 Å². The molecule has 1 fully saturated rings. The molecule has 0 aliphatic heterocycles. The van der Waals surface area contributed by atoms with Gasteiger partial charge in [-0.3, -0.25) is 0 Å². The van der Waals surface area contributed by atoms with Gasteiger partial charge in [0.2, 0.25) is 11.7 Å². The largest absolute Gasteiger partial charge is 0.339 e. The van der Waals surface area contributed by atoms with E-state index in [2.05, 4.69) is 10.1 Å². The van der Waals surface area contributed by atoms with Crippen LogP contribution in [0.1, 0.15) is 43.1 Å². The van der Waals surface area contributed by atoms with Crippen LogP contribution in [0.2, 0.25) is 0 Å². The summed E-state index contributed by atoms with van der Waals surface area (Å²) in [7, 11) is -3.35. The van der Waals surface area contributed by atoms with Crippen molar-refractivity contribution in [1.82, 2.24) is 10.1 Å². The quantitative estimate of drug-likeness (QED) is 0.669. The van der Waals surface area contributed by atoms with E-state index in [1.807, 2.05) is 12.1 Å². The lowest BCUT2D eigenvalue weighted by Crippen LogP contribution is -2.04. The maximum Gasteiger partial charge on any atom is 0.230 e. The smallest absolute Gasteiger partial charge is 0.230 e. The molecule has 1 aromatic heterocycles. The van der Waals surface area contributed by atoms with Crippen LogP contribution in [0.15, 0.2) is 64.0 Å². The molecule has 0 amide bonds. The van der Waals surface area contributed by atoms with Gasteiger partial charge in [-0.25, -0.2) is 8.42 Å². The second-order valence-corrected chi connectivity index (χ2v) is 8.70. The molecule has 1 aliphatic carbocycles. The highest BCUT2D eigenvalue weighted by atomic mass is 32.2. The second kappa shape index (κ2) is 7.03. The molecule has 0 bridgehead atoms. The molecule has 0 atom stereocenters. The molecule has 0 unspecified atom stereocenters. The van der Waals surface area contributed by atoms with Crippen LogP contribution in [0, 0.1) is 0 Å². The van der Waals surface area contributed by atoms with E-state index in [-0.39, 0.29) is 5.75 Å². The Balaban J connectivity index is 1.50. The van der Waals surface area contributed by atoms with E-state index < -0.39 is 9.84 Å². The van der Waals surface area contributed by atoms with Crippen molar-refractivity contribution in [2.75, 3.05) is 0 Å². The number of benzene rings is 2. The first kappa shape index (κ1) is 17.0. The molecule has 0 N–H and O–H groups in total. The third kappa shape index (κ3) is 3.55. The average Bonchev–Trinajstić information content (AvgIpc) is 3.34. The first-order valence-electron chi connectivity index (χ1n) is 8.82. The zero-order chi connectivity index (χ0) is 18.0. The molecule has 0 saturated heterocycles. The van der Waals surface area contributed by atoms with E-state index in [0.717, 1.165) is 24.0 Å². The van der Waals surface area contributed by atoms with Gasteiger partial charge in [-0.2, -0.15) is 4.98 Å². The van der Waals surface area contributed by atoms with Gasteiger partial charge in [0.05, 0.1) is 10.6 Å². The highest BCUT2D eigenvalue weighted by Crippen LogP contribution is 2.33. The minimum atomic E-state index is -3.35. The summed E-state index contributed by atoms with van der Waals surface area (Å²) in [5.41, 5.74) is 1.57. The first-order chi connectivity index (χ1) is 12.6. The van der Waals surface area contributed by atoms with Gasteiger partial charge in [0.25, 0.3) is 0 Å². The molecule has 5 nitrogen and oxygen atoms in total. The molecule has 1 heterocycles. The lowest BCUT2D eigenvalue weighted by Gasteiger charge is -2.05. The van der Waals surface area contributed by atoms with Gasteiger partial charge in [-0.15, -0.1) is 0 Å². The summed E-state index contributed by atoms with van der Waals surface area (Å²) < 4.78 is 30.3. The Morgan fingerprint density at radius 1 is 0.962 bits per heavy atom. The molecule has 0 radical (unpaired) electrons. The van der Waals surface area contributed by atoms with Crippen molar-refractivity contribution < 1.29 is 12.9 Å². The van der Waals surface area contributed by atoms with Gasteiger partial charge < -0.3 is 4.52 Å². The molecule has 6 heteroatoms. The number of nitrogens with zero attached hydrogens (tertiary/aromatic N) is 2. The fraction of sp³-hybridized carbons (Fsp3) is 0.300. The van der Waals surface area contributed by atoms with Gasteiger partial charge >= 0.3 is 0 Å². The summed E-state index contributed by atoms with van der Waals surface area (Å²) in [6, 6.07) is 15.8. The summed E-state index contributed by atoms with van der Waals surface area (Å²) in [6.45, 7) is 0. The zero-order valence-electron chi connectivity index (χ0n) is 14.3. The highest BCUT2D eigenvalue weighted by Gasteiger charge is 2.23. The van der Waals surface area contributed by atoms with Crippen LogP contribution >= 0.6 is 0 Å². The first-order valence-corrected chi connectivity index (χ1v) is 10.5. The predicted molar refractivity (Wildman–Crippen MR) is 98.3 cm³/mol. The van der Waals surface area contributed by atoms with E-state index in [1.54, 1.807) is 42.5 Å². The van der Waals surface area contributed by atoms with Gasteiger partial charge in [0, 0.05) is 11.5 Å². The molecule has 2 aromatic carbocycles. The molecule has 3 aromatic rings. The Kier molecular flexibility index (Phi) is 4.59. The van der Waals surface area contributed by atoms with E-state index >= 15 is 0 Å². The molecule has 134 valence electrons. The van der Waals surface area contributed by atoms with E-state index in [0.29, 0.717) is 22.5 Å². The summed E-state index contributed by atoms with van der Waals surface area (Å²) >= 11 is 0. The van der Waals surface area contributed by atoms with Crippen LogP contribution in [0.25, 0.3) is 11.4 Å². The summed E-state index contributed by atoms with van der Waals surface area (Å²) in [6.07, 6.45) is 4.65. The van der Waals surface area contributed by atoms with Crippen LogP contribution in [0.3, 0.4) is 0 Å². The van der Waals surface area contributed by atoms with Gasteiger partial charge in [0.15, 0.2) is 9.84 Å². The number of aromatic nitrogens is 2. The van der Waals surface area contributed by atoms with Crippen LogP contribution in [-0.4, -0.2) is 18.6 Å². The van der Waals surface area contributed by atoms with Crippen LogP contribution in [0.4, 0.5) is 0 Å². The predicted octanol–water partition coefficient (Wildman–Crippen LogP) is 4.37. The Morgan fingerprint density at radius 3 is 2.35 bits per heavy atom. The molecular weight excluding hydrogens is 348 g/mol. The lowest BCUT2D eigenvalue weighted by molar-refractivity contribution is 0.354. The number of hydrogen-bond acceptors (Lipinski definition) is 5. The van der Waals surface area contributed by atoms with Crippen molar-refractivity contribution in [2.24, 2.45) is 0 Å². The summed E-state index contributed by atoms with van der Waals surface area (Å²) in [4.78, 5) is 4.85. The summed E-state index contributed by atoms with van der Waals surface area (Å²) in [5.74, 6) is 1.63. The fourth-order valence-electron chi connectivity index (χ4n) is 3.37. The van der Waals surface area contributed by atoms with Crippen molar-refractivity contribution in [3.63, 3.8) is 0 Å². The third-order valence-corrected chi connectivity index (χ3v) is 6.52. The van der Waals surface area contributed by atoms with Crippen molar-refractivity contribution in [2.45, 2.75) is 42.2 Å². The maximum atomic E-state index is 12.5. The lowest BCUT2D eigenvalue weighted by atomic mass is 10.1. The van der Waals surface area contributed by atoms with E-state index in [1.165, 1.54) is 12.8 Å². The van der Waals surface area contributed by atoms with E-state index in [4.69, 9.17) is 4.52 Å². The van der Waals surface area contributed by atoms with Crippen molar-refractivity contribution >= 4 is 9.84 Å². The van der Waals surface area contributed by atoms with Crippen LogP contribution < -0.4 is 0 Å². The topological polar surface area (TPSA) is 73.1 Å².